The van der Waals surface area contributed by atoms with Crippen LogP contribution in [0.25, 0.3) is 0 Å². The van der Waals surface area contributed by atoms with E-state index in [-0.39, 0.29) is 35.2 Å². The normalized spacial score (nSPS) is 19.7. The number of nitrogens with one attached hydrogen (secondary N) is 1. The third-order valence-electron chi connectivity index (χ3n) is 5.20. The number of halogens is 1. The molecule has 0 bridgehead atoms. The number of hydrogen-bond acceptors (Lipinski definition) is 6. The first-order valence-electron chi connectivity index (χ1n) is 9.94. The molecule has 2 aromatic rings. The van der Waals surface area contributed by atoms with Gasteiger partial charge in [0, 0.05) is 11.6 Å². The summed E-state index contributed by atoms with van der Waals surface area (Å²) in [5, 5.41) is 2.41. The molecular weight excluding hydrogens is 452 g/mol. The molecule has 2 aromatic carbocycles. The molecule has 2 heterocycles. The third-order valence-corrected chi connectivity index (χ3v) is 6.86. The molecule has 2 atom stereocenters. The minimum absolute atomic E-state index is 0.0988. The quantitative estimate of drug-likeness (QED) is 0.289. The van der Waals surface area contributed by atoms with E-state index in [1.165, 1.54) is 16.7 Å². The monoisotopic (exact) mass is 472 g/mol. The number of methoxy groups -OCH3 is 1. The molecule has 0 spiro atoms. The van der Waals surface area contributed by atoms with Crippen molar-refractivity contribution in [3.05, 3.63) is 71.4 Å². The highest BCUT2D eigenvalue weighted by Gasteiger charge is 2.54. The fourth-order valence-corrected chi connectivity index (χ4v) is 5.26. The molecular formula is C23H21ClN2O5S. The van der Waals surface area contributed by atoms with Gasteiger partial charge < -0.3 is 14.8 Å². The fourth-order valence-electron chi connectivity index (χ4n) is 3.58. The predicted octanol–water partition coefficient (Wildman–Crippen LogP) is 2.74. The Labute approximate surface area is 194 Å². The van der Waals surface area contributed by atoms with Gasteiger partial charge in [0.2, 0.25) is 5.91 Å². The largest absolute Gasteiger partial charge is 0.497 e. The zero-order valence-electron chi connectivity index (χ0n) is 17.2. The summed E-state index contributed by atoms with van der Waals surface area (Å²) >= 11 is 7.52. The van der Waals surface area contributed by atoms with Gasteiger partial charge in [-0.25, -0.2) is 4.79 Å². The lowest BCUT2D eigenvalue weighted by atomic mass is 10.0. The molecule has 32 heavy (non-hydrogen) atoms. The predicted molar refractivity (Wildman–Crippen MR) is 122 cm³/mol. The maximum Gasteiger partial charge on any atom is 0.360 e. The number of benzene rings is 2. The first-order valence-corrected chi connectivity index (χ1v) is 11.5. The summed E-state index contributed by atoms with van der Waals surface area (Å²) in [6, 6.07) is 15.2. The summed E-state index contributed by atoms with van der Waals surface area (Å²) in [6.45, 7) is 0. The molecule has 7 nitrogen and oxygen atoms in total. The number of β-lactam (4-membered cyclic amide) rings is 1. The highest BCUT2D eigenvalue weighted by molar-refractivity contribution is 8.00. The first kappa shape index (κ1) is 22.2. The van der Waals surface area contributed by atoms with Crippen LogP contribution in [0.5, 0.6) is 11.5 Å². The lowest BCUT2D eigenvalue weighted by Crippen LogP contribution is -2.70. The molecule has 2 unspecified atom stereocenters. The molecule has 166 valence electrons. The van der Waals surface area contributed by atoms with Crippen LogP contribution in [0.1, 0.15) is 5.56 Å². The van der Waals surface area contributed by atoms with Crippen molar-refractivity contribution in [3.63, 3.8) is 0 Å². The Hall–Kier alpha value is -2.97. The molecule has 4 rings (SSSR count). The van der Waals surface area contributed by atoms with Crippen molar-refractivity contribution < 1.29 is 23.9 Å². The van der Waals surface area contributed by atoms with Gasteiger partial charge >= 0.3 is 5.97 Å². The Balaban J connectivity index is 1.45. The topological polar surface area (TPSA) is 84.9 Å². The number of fused-ring (bicyclic) bond motifs is 1. The van der Waals surface area contributed by atoms with Gasteiger partial charge in [-0.05, 0) is 35.4 Å². The smallest absolute Gasteiger partial charge is 0.360 e. The van der Waals surface area contributed by atoms with Gasteiger partial charge in [-0.3, -0.25) is 14.5 Å². The van der Waals surface area contributed by atoms with Crippen LogP contribution in [0.2, 0.25) is 0 Å². The molecule has 1 N–H and O–H groups in total. The van der Waals surface area contributed by atoms with Gasteiger partial charge in [-0.15, -0.1) is 23.4 Å². The second-order valence-electron chi connectivity index (χ2n) is 7.27. The van der Waals surface area contributed by atoms with E-state index in [9.17, 15) is 14.4 Å². The van der Waals surface area contributed by atoms with E-state index in [4.69, 9.17) is 21.1 Å². The summed E-state index contributed by atoms with van der Waals surface area (Å²) in [5.74, 6) is 0.271. The average Bonchev–Trinajstić information content (AvgIpc) is 2.82. The molecule has 1 saturated heterocycles. The van der Waals surface area contributed by atoms with Gasteiger partial charge in [-0.2, -0.15) is 0 Å². The van der Waals surface area contributed by atoms with E-state index in [0.717, 1.165) is 5.56 Å². The molecule has 2 aliphatic heterocycles. The van der Waals surface area contributed by atoms with Crippen LogP contribution >= 0.6 is 23.4 Å². The fraction of sp³-hybridized carbons (Fsp3) is 0.261. The Morgan fingerprint density at radius 2 is 1.81 bits per heavy atom. The van der Waals surface area contributed by atoms with Gasteiger partial charge in [0.1, 0.15) is 28.6 Å². The number of hydrogen-bond donors (Lipinski definition) is 1. The Morgan fingerprint density at radius 3 is 2.47 bits per heavy atom. The molecule has 2 aliphatic rings. The maximum atomic E-state index is 12.9. The van der Waals surface area contributed by atoms with Crippen LogP contribution < -0.4 is 14.8 Å². The van der Waals surface area contributed by atoms with Gasteiger partial charge in [0.05, 0.1) is 13.5 Å². The van der Waals surface area contributed by atoms with Gasteiger partial charge in [-0.1, -0.05) is 30.3 Å². The number of rotatable bonds is 7. The van der Waals surface area contributed by atoms with E-state index in [1.54, 1.807) is 31.4 Å². The highest BCUT2D eigenvalue weighted by atomic mass is 35.5. The standard InChI is InChI=1S/C23H21ClN2O5S/c1-30-16-7-9-17(10-8-16)31-23(29)20-15(12-24)13-32-22-19(21(28)26(20)22)25-18(27)11-14-5-3-2-4-6-14/h2-10,19,22H,11-13H2,1H3,(H,25,27). The number of thioether (sulfide) groups is 1. The Bertz CT molecular complexity index is 1060. The zero-order valence-corrected chi connectivity index (χ0v) is 18.8. The van der Waals surface area contributed by atoms with Crippen molar-refractivity contribution in [2.45, 2.75) is 17.8 Å². The first-order chi connectivity index (χ1) is 15.5. The van der Waals surface area contributed by atoms with Crippen LogP contribution in [0.15, 0.2) is 65.9 Å². The van der Waals surface area contributed by atoms with Crippen molar-refractivity contribution in [3.8, 4) is 11.5 Å². The summed E-state index contributed by atoms with van der Waals surface area (Å²) in [7, 11) is 1.54. The van der Waals surface area contributed by atoms with Crippen LogP contribution in [-0.2, 0) is 20.8 Å². The highest BCUT2D eigenvalue weighted by Crippen LogP contribution is 2.41. The van der Waals surface area contributed by atoms with Crippen LogP contribution in [-0.4, -0.2) is 52.8 Å². The van der Waals surface area contributed by atoms with E-state index in [0.29, 0.717) is 22.8 Å². The maximum absolute atomic E-state index is 12.9. The van der Waals surface area contributed by atoms with Crippen LogP contribution in [0.4, 0.5) is 0 Å². The van der Waals surface area contributed by atoms with E-state index < -0.39 is 12.0 Å². The van der Waals surface area contributed by atoms with Crippen LogP contribution in [0, 0.1) is 0 Å². The number of alkyl halides is 1. The lowest BCUT2D eigenvalue weighted by Gasteiger charge is -2.49. The number of amides is 2. The molecule has 0 saturated carbocycles. The Morgan fingerprint density at radius 1 is 1.12 bits per heavy atom. The molecule has 1 fully saturated rings. The van der Waals surface area contributed by atoms with Crippen molar-refractivity contribution in [1.82, 2.24) is 10.2 Å². The van der Waals surface area contributed by atoms with Crippen LogP contribution in [0.3, 0.4) is 0 Å². The molecule has 2 amide bonds. The third kappa shape index (κ3) is 4.47. The molecule has 0 radical (unpaired) electrons. The number of ether oxygens (including phenoxy) is 2. The lowest BCUT2D eigenvalue weighted by molar-refractivity contribution is -0.150. The molecule has 0 aliphatic carbocycles. The van der Waals surface area contributed by atoms with Gasteiger partial charge in [0.15, 0.2) is 0 Å². The summed E-state index contributed by atoms with van der Waals surface area (Å²) < 4.78 is 10.6. The SMILES string of the molecule is COc1ccc(OC(=O)C2=C(CCl)CSC3C(NC(=O)Cc4ccccc4)C(=O)N23)cc1. The minimum Gasteiger partial charge on any atom is -0.497 e. The second-order valence-corrected chi connectivity index (χ2v) is 8.64. The van der Waals surface area contributed by atoms with Crippen molar-refractivity contribution in [1.29, 1.82) is 0 Å². The summed E-state index contributed by atoms with van der Waals surface area (Å²) in [6.07, 6.45) is 0.178. The molecule has 9 heteroatoms. The second kappa shape index (κ2) is 9.67. The number of nitrogens with zero attached hydrogens (tertiary/aromatic N) is 1. The number of carbonyl (C=O) groups excluding carboxylic acids is 3. The molecule has 0 aromatic heterocycles. The summed E-state index contributed by atoms with van der Waals surface area (Å²) in [4.78, 5) is 39.6. The summed E-state index contributed by atoms with van der Waals surface area (Å²) in [5.41, 5.74) is 1.63. The van der Waals surface area contributed by atoms with E-state index >= 15 is 0 Å². The van der Waals surface area contributed by atoms with Crippen molar-refractivity contribution >= 4 is 41.1 Å². The van der Waals surface area contributed by atoms with Crippen molar-refractivity contribution in [2.75, 3.05) is 18.7 Å². The Kier molecular flexibility index (Phi) is 6.72. The van der Waals surface area contributed by atoms with Crippen molar-refractivity contribution in [2.24, 2.45) is 0 Å². The number of carbonyl (C=O) groups is 3. The van der Waals surface area contributed by atoms with E-state index in [1.807, 2.05) is 30.3 Å². The number of esters is 1. The average molecular weight is 473 g/mol. The van der Waals surface area contributed by atoms with Gasteiger partial charge in [0.25, 0.3) is 5.91 Å². The van der Waals surface area contributed by atoms with E-state index in [2.05, 4.69) is 5.32 Å². The zero-order chi connectivity index (χ0) is 22.7. The minimum atomic E-state index is -0.697.